The molecular formula is C15H13N3O7. The number of aromatic hydroxyl groups is 1. The number of ether oxygens (including phenoxy) is 2. The zero-order valence-corrected chi connectivity index (χ0v) is 13.0. The number of benzene rings is 1. The van der Waals surface area contributed by atoms with Crippen molar-refractivity contribution in [2.24, 2.45) is 0 Å². The third-order valence-corrected chi connectivity index (χ3v) is 2.98. The Balaban J connectivity index is 2.10. The first-order chi connectivity index (χ1) is 11.9. The lowest BCUT2D eigenvalue weighted by Gasteiger charge is -2.04. The molecule has 2 rings (SSSR count). The van der Waals surface area contributed by atoms with Crippen LogP contribution in [-0.2, 0) is 9.53 Å². The molecule has 0 aliphatic rings. The molecular weight excluding hydrogens is 334 g/mol. The Morgan fingerprint density at radius 3 is 2.60 bits per heavy atom. The smallest absolute Gasteiger partial charge is 0.395 e. The van der Waals surface area contributed by atoms with Crippen molar-refractivity contribution in [1.82, 2.24) is 9.97 Å². The SMILES string of the molecule is COC(=O)COc1ccc(/C=C/c2nc(O)c([N+](=O)[O-])c(=O)[nH]2)cc1. The monoisotopic (exact) mass is 347 g/mol. The minimum atomic E-state index is -1.05. The quantitative estimate of drug-likeness (QED) is 0.449. The molecule has 1 heterocycles. The molecule has 0 bridgehead atoms. The molecule has 1 aromatic heterocycles. The fourth-order valence-electron chi connectivity index (χ4n) is 1.77. The summed E-state index contributed by atoms with van der Waals surface area (Å²) in [5.74, 6) is -1.04. The van der Waals surface area contributed by atoms with Crippen LogP contribution in [0, 0.1) is 10.1 Å². The molecule has 10 nitrogen and oxygen atoms in total. The highest BCUT2D eigenvalue weighted by molar-refractivity contribution is 5.71. The lowest BCUT2D eigenvalue weighted by atomic mass is 10.2. The lowest BCUT2D eigenvalue weighted by Crippen LogP contribution is -2.14. The zero-order valence-electron chi connectivity index (χ0n) is 13.0. The van der Waals surface area contributed by atoms with Gasteiger partial charge in [0, 0.05) is 0 Å². The van der Waals surface area contributed by atoms with Crippen LogP contribution in [0.3, 0.4) is 0 Å². The molecule has 0 saturated carbocycles. The van der Waals surface area contributed by atoms with Crippen LogP contribution < -0.4 is 10.3 Å². The minimum Gasteiger partial charge on any atom is -0.488 e. The number of H-pyrrole nitrogens is 1. The number of esters is 1. The maximum absolute atomic E-state index is 11.5. The van der Waals surface area contributed by atoms with Crippen molar-refractivity contribution < 1.29 is 24.3 Å². The fraction of sp³-hybridized carbons (Fsp3) is 0.133. The van der Waals surface area contributed by atoms with E-state index in [-0.39, 0.29) is 12.4 Å². The van der Waals surface area contributed by atoms with Crippen LogP contribution in [0.5, 0.6) is 11.6 Å². The molecule has 2 aromatic rings. The lowest BCUT2D eigenvalue weighted by molar-refractivity contribution is -0.387. The Labute approximate surface area is 140 Å². The number of hydrogen-bond acceptors (Lipinski definition) is 8. The summed E-state index contributed by atoms with van der Waals surface area (Å²) in [5.41, 5.74) is -1.36. The second kappa shape index (κ2) is 7.73. The molecule has 0 spiro atoms. The normalized spacial score (nSPS) is 10.6. The Hall–Kier alpha value is -3.69. The Kier molecular flexibility index (Phi) is 5.46. The van der Waals surface area contributed by atoms with Gasteiger partial charge in [0.15, 0.2) is 6.61 Å². The number of methoxy groups -OCH3 is 1. The average Bonchev–Trinajstić information content (AvgIpc) is 2.57. The molecule has 0 radical (unpaired) electrons. The third kappa shape index (κ3) is 4.64. The summed E-state index contributed by atoms with van der Waals surface area (Å²) in [4.78, 5) is 37.8. The Bertz CT molecular complexity index is 872. The molecule has 0 unspecified atom stereocenters. The van der Waals surface area contributed by atoms with E-state index in [0.717, 1.165) is 0 Å². The number of carbonyl (C=O) groups excluding carboxylic acids is 1. The van der Waals surface area contributed by atoms with Crippen LogP contribution in [0.4, 0.5) is 5.69 Å². The van der Waals surface area contributed by atoms with Gasteiger partial charge in [0.25, 0.3) is 5.88 Å². The van der Waals surface area contributed by atoms with E-state index in [1.807, 2.05) is 0 Å². The minimum absolute atomic E-state index is 0.0425. The van der Waals surface area contributed by atoms with E-state index >= 15 is 0 Å². The van der Waals surface area contributed by atoms with Crippen molar-refractivity contribution in [3.05, 3.63) is 56.1 Å². The molecule has 0 aliphatic carbocycles. The molecule has 0 aliphatic heterocycles. The van der Waals surface area contributed by atoms with E-state index in [4.69, 9.17) is 4.74 Å². The van der Waals surface area contributed by atoms with E-state index in [1.165, 1.54) is 13.2 Å². The molecule has 1 aromatic carbocycles. The number of hydrogen-bond donors (Lipinski definition) is 2. The molecule has 10 heteroatoms. The van der Waals surface area contributed by atoms with Gasteiger partial charge in [-0.2, -0.15) is 4.98 Å². The summed E-state index contributed by atoms with van der Waals surface area (Å²) in [6, 6.07) is 6.58. The van der Waals surface area contributed by atoms with E-state index in [9.17, 15) is 24.8 Å². The van der Waals surface area contributed by atoms with Gasteiger partial charge < -0.3 is 19.6 Å². The Morgan fingerprint density at radius 1 is 1.36 bits per heavy atom. The molecule has 2 N–H and O–H groups in total. The third-order valence-electron chi connectivity index (χ3n) is 2.98. The van der Waals surface area contributed by atoms with Gasteiger partial charge in [-0.3, -0.25) is 14.9 Å². The molecule has 0 saturated heterocycles. The largest absolute Gasteiger partial charge is 0.488 e. The maximum Gasteiger partial charge on any atom is 0.395 e. The second-order valence-corrected chi connectivity index (χ2v) is 4.65. The van der Waals surface area contributed by atoms with Crippen LogP contribution in [0.25, 0.3) is 12.2 Å². The average molecular weight is 347 g/mol. The van der Waals surface area contributed by atoms with Gasteiger partial charge in [0.05, 0.1) is 12.0 Å². The number of aromatic amines is 1. The van der Waals surface area contributed by atoms with Crippen molar-refractivity contribution in [1.29, 1.82) is 0 Å². The van der Waals surface area contributed by atoms with Crippen molar-refractivity contribution >= 4 is 23.8 Å². The molecule has 25 heavy (non-hydrogen) atoms. The predicted molar refractivity (Wildman–Crippen MR) is 86.1 cm³/mol. The standard InChI is InChI=1S/C15H13N3O7/c1-24-12(19)8-25-10-5-2-9(3-6-10)4-7-11-16-14(20)13(18(22)23)15(21)17-11/h2-7H,8H2,1H3,(H2,16,17,20,21)/b7-4+. The number of carbonyl (C=O) groups is 1. The van der Waals surface area contributed by atoms with E-state index in [2.05, 4.69) is 14.7 Å². The number of nitrogens with zero attached hydrogens (tertiary/aromatic N) is 2. The second-order valence-electron chi connectivity index (χ2n) is 4.65. The predicted octanol–water partition coefficient (Wildman–Crippen LogP) is 1.11. The molecule has 130 valence electrons. The summed E-state index contributed by atoms with van der Waals surface area (Å²) in [7, 11) is 1.26. The van der Waals surface area contributed by atoms with E-state index in [1.54, 1.807) is 30.3 Å². The summed E-state index contributed by atoms with van der Waals surface area (Å²) >= 11 is 0. The highest BCUT2D eigenvalue weighted by atomic mass is 16.6. The number of nitrogens with one attached hydrogen (secondary N) is 1. The van der Waals surface area contributed by atoms with Gasteiger partial charge in [0.1, 0.15) is 11.6 Å². The maximum atomic E-state index is 11.5. The summed E-state index contributed by atoms with van der Waals surface area (Å²) < 4.78 is 9.64. The van der Waals surface area contributed by atoms with Gasteiger partial charge in [0.2, 0.25) is 0 Å². The summed E-state index contributed by atoms with van der Waals surface area (Å²) in [5, 5.41) is 20.0. The van der Waals surface area contributed by atoms with Gasteiger partial charge >= 0.3 is 17.2 Å². The first-order valence-electron chi connectivity index (χ1n) is 6.86. The van der Waals surface area contributed by atoms with Crippen LogP contribution in [0.15, 0.2) is 29.1 Å². The fourth-order valence-corrected chi connectivity index (χ4v) is 1.77. The summed E-state index contributed by atoms with van der Waals surface area (Å²) in [6.45, 7) is -0.209. The van der Waals surface area contributed by atoms with E-state index in [0.29, 0.717) is 11.3 Å². The van der Waals surface area contributed by atoms with Gasteiger partial charge in [-0.05, 0) is 23.8 Å². The van der Waals surface area contributed by atoms with Gasteiger partial charge in [-0.1, -0.05) is 18.2 Å². The molecule has 0 atom stereocenters. The first kappa shape index (κ1) is 17.7. The van der Waals surface area contributed by atoms with Crippen LogP contribution >= 0.6 is 0 Å². The number of nitro groups is 1. The molecule has 0 amide bonds. The van der Waals surface area contributed by atoms with Crippen molar-refractivity contribution in [2.75, 3.05) is 13.7 Å². The van der Waals surface area contributed by atoms with Crippen molar-refractivity contribution in [3.63, 3.8) is 0 Å². The highest BCUT2D eigenvalue weighted by Crippen LogP contribution is 2.18. The number of rotatable bonds is 6. The van der Waals surface area contributed by atoms with E-state index < -0.39 is 28.0 Å². The first-order valence-corrected chi connectivity index (χ1v) is 6.86. The van der Waals surface area contributed by atoms with Gasteiger partial charge in [-0.25, -0.2) is 4.79 Å². The van der Waals surface area contributed by atoms with Crippen LogP contribution in [0.1, 0.15) is 11.4 Å². The molecule has 0 fully saturated rings. The summed E-state index contributed by atoms with van der Waals surface area (Å²) in [6.07, 6.45) is 2.93. The van der Waals surface area contributed by atoms with Crippen LogP contribution in [0.2, 0.25) is 0 Å². The van der Waals surface area contributed by atoms with Gasteiger partial charge in [-0.15, -0.1) is 0 Å². The Morgan fingerprint density at radius 2 is 2.04 bits per heavy atom. The zero-order chi connectivity index (χ0) is 18.4. The van der Waals surface area contributed by atoms with Crippen molar-refractivity contribution in [2.45, 2.75) is 0 Å². The van der Waals surface area contributed by atoms with Crippen molar-refractivity contribution in [3.8, 4) is 11.6 Å². The van der Waals surface area contributed by atoms with Crippen LogP contribution in [-0.4, -0.2) is 39.7 Å². The highest BCUT2D eigenvalue weighted by Gasteiger charge is 2.21. The topological polar surface area (TPSA) is 145 Å². The number of aromatic nitrogens is 2.